The first-order valence-electron chi connectivity index (χ1n) is 7.09. The Hall–Kier alpha value is -1.39. The Labute approximate surface area is 114 Å². The second kappa shape index (κ2) is 5.31. The summed E-state index contributed by atoms with van der Waals surface area (Å²) >= 11 is 0. The van der Waals surface area contributed by atoms with Crippen molar-refractivity contribution in [1.29, 1.82) is 0 Å². The van der Waals surface area contributed by atoms with Gasteiger partial charge < -0.3 is 10.6 Å². The van der Waals surface area contributed by atoms with E-state index in [4.69, 9.17) is 0 Å². The van der Waals surface area contributed by atoms with Crippen molar-refractivity contribution in [2.45, 2.75) is 24.8 Å². The van der Waals surface area contributed by atoms with Crippen LogP contribution in [0.4, 0.5) is 0 Å². The Morgan fingerprint density at radius 1 is 1.16 bits per heavy atom. The fourth-order valence-electron chi connectivity index (χ4n) is 3.21. The maximum absolute atomic E-state index is 12.2. The number of piperidine rings is 1. The van der Waals surface area contributed by atoms with Crippen LogP contribution in [0.25, 0.3) is 0 Å². The molecule has 0 unspecified atom stereocenters. The maximum Gasteiger partial charge on any atom is 0.241 e. The summed E-state index contributed by atoms with van der Waals surface area (Å²) in [5, 5.41) is 6.37. The summed E-state index contributed by atoms with van der Waals surface area (Å²) in [6.45, 7) is 3.53. The molecular weight excluding hydrogens is 238 g/mol. The molecule has 1 aromatic rings. The van der Waals surface area contributed by atoms with Crippen molar-refractivity contribution in [2.24, 2.45) is 0 Å². The SMILES string of the molecule is O=C1NCN(CCc2ccccc2)C12CCNCC2. The molecule has 0 aliphatic carbocycles. The second-order valence-electron chi connectivity index (χ2n) is 5.44. The second-order valence-corrected chi connectivity index (χ2v) is 5.44. The molecule has 2 aliphatic heterocycles. The van der Waals surface area contributed by atoms with E-state index >= 15 is 0 Å². The number of amides is 1. The summed E-state index contributed by atoms with van der Waals surface area (Å²) in [5.74, 6) is 0.224. The van der Waals surface area contributed by atoms with E-state index in [1.165, 1.54) is 5.56 Å². The lowest BCUT2D eigenvalue weighted by Crippen LogP contribution is -2.55. The largest absolute Gasteiger partial charge is 0.342 e. The highest BCUT2D eigenvalue weighted by Crippen LogP contribution is 2.30. The molecule has 2 fully saturated rings. The molecule has 1 aromatic carbocycles. The van der Waals surface area contributed by atoms with Crippen molar-refractivity contribution in [3.63, 3.8) is 0 Å². The zero-order valence-electron chi connectivity index (χ0n) is 11.2. The molecule has 0 radical (unpaired) electrons. The monoisotopic (exact) mass is 259 g/mol. The first kappa shape index (κ1) is 12.6. The van der Waals surface area contributed by atoms with Gasteiger partial charge in [-0.2, -0.15) is 0 Å². The Balaban J connectivity index is 1.68. The van der Waals surface area contributed by atoms with Gasteiger partial charge in [0.15, 0.2) is 0 Å². The molecule has 102 valence electrons. The van der Waals surface area contributed by atoms with Gasteiger partial charge >= 0.3 is 0 Å². The fraction of sp³-hybridized carbons (Fsp3) is 0.533. The summed E-state index contributed by atoms with van der Waals surface area (Å²) in [6, 6.07) is 10.5. The van der Waals surface area contributed by atoms with Crippen LogP contribution in [-0.2, 0) is 11.2 Å². The lowest BCUT2D eigenvalue weighted by molar-refractivity contribution is -0.128. The minimum Gasteiger partial charge on any atom is -0.342 e. The van der Waals surface area contributed by atoms with Crippen molar-refractivity contribution in [1.82, 2.24) is 15.5 Å². The van der Waals surface area contributed by atoms with Gasteiger partial charge in [0.1, 0.15) is 5.54 Å². The van der Waals surface area contributed by atoms with Crippen LogP contribution in [0.5, 0.6) is 0 Å². The Bertz CT molecular complexity index is 440. The van der Waals surface area contributed by atoms with Crippen molar-refractivity contribution in [2.75, 3.05) is 26.3 Å². The smallest absolute Gasteiger partial charge is 0.241 e. The molecular formula is C15H21N3O. The molecule has 1 spiro atoms. The summed E-state index contributed by atoms with van der Waals surface area (Å²) < 4.78 is 0. The molecule has 3 rings (SSSR count). The number of benzene rings is 1. The number of hydrogen-bond acceptors (Lipinski definition) is 3. The minimum atomic E-state index is -0.250. The Morgan fingerprint density at radius 2 is 1.89 bits per heavy atom. The van der Waals surface area contributed by atoms with E-state index in [1.54, 1.807) is 0 Å². The number of carbonyl (C=O) groups is 1. The third kappa shape index (κ3) is 2.38. The van der Waals surface area contributed by atoms with E-state index in [-0.39, 0.29) is 11.4 Å². The number of carbonyl (C=O) groups excluding carboxylic acids is 1. The van der Waals surface area contributed by atoms with Crippen LogP contribution in [0.1, 0.15) is 18.4 Å². The predicted octanol–water partition coefficient (Wildman–Crippen LogP) is 0.741. The van der Waals surface area contributed by atoms with E-state index in [0.717, 1.165) is 38.9 Å². The molecule has 19 heavy (non-hydrogen) atoms. The molecule has 0 bridgehead atoms. The lowest BCUT2D eigenvalue weighted by atomic mass is 9.87. The molecule has 2 aliphatic rings. The molecule has 0 saturated carbocycles. The average molecular weight is 259 g/mol. The van der Waals surface area contributed by atoms with Gasteiger partial charge in [-0.3, -0.25) is 9.69 Å². The summed E-state index contributed by atoms with van der Waals surface area (Å²) in [7, 11) is 0. The average Bonchev–Trinajstić information content (AvgIpc) is 2.76. The highest BCUT2D eigenvalue weighted by molar-refractivity contribution is 5.88. The van der Waals surface area contributed by atoms with Crippen molar-refractivity contribution < 1.29 is 4.79 Å². The molecule has 2 heterocycles. The zero-order valence-corrected chi connectivity index (χ0v) is 11.2. The van der Waals surface area contributed by atoms with Crippen LogP contribution < -0.4 is 10.6 Å². The number of hydrogen-bond donors (Lipinski definition) is 2. The van der Waals surface area contributed by atoms with E-state index in [2.05, 4.69) is 39.8 Å². The van der Waals surface area contributed by atoms with Gasteiger partial charge in [-0.25, -0.2) is 0 Å². The summed E-state index contributed by atoms with van der Waals surface area (Å²) in [5.41, 5.74) is 1.09. The van der Waals surface area contributed by atoms with Crippen molar-refractivity contribution in [3.8, 4) is 0 Å². The van der Waals surface area contributed by atoms with Gasteiger partial charge in [0.25, 0.3) is 0 Å². The Kier molecular flexibility index (Phi) is 3.53. The highest BCUT2D eigenvalue weighted by Gasteiger charge is 2.48. The standard InChI is InChI=1S/C15H21N3O/c19-14-15(7-9-16-10-8-15)18(12-17-14)11-6-13-4-2-1-3-5-13/h1-5,16H,6-12H2,(H,17,19). The summed E-state index contributed by atoms with van der Waals surface area (Å²) in [6.07, 6.45) is 2.85. The van der Waals surface area contributed by atoms with E-state index in [9.17, 15) is 4.79 Å². The van der Waals surface area contributed by atoms with Crippen molar-refractivity contribution >= 4 is 5.91 Å². The molecule has 4 heteroatoms. The lowest BCUT2D eigenvalue weighted by Gasteiger charge is -2.38. The highest BCUT2D eigenvalue weighted by atomic mass is 16.2. The van der Waals surface area contributed by atoms with E-state index in [0.29, 0.717) is 6.67 Å². The number of nitrogens with zero attached hydrogens (tertiary/aromatic N) is 1. The van der Waals surface area contributed by atoms with Crippen LogP contribution >= 0.6 is 0 Å². The molecule has 0 aromatic heterocycles. The van der Waals surface area contributed by atoms with Crippen LogP contribution in [0, 0.1) is 0 Å². The van der Waals surface area contributed by atoms with Gasteiger partial charge in [0, 0.05) is 6.54 Å². The number of rotatable bonds is 3. The summed E-state index contributed by atoms with van der Waals surface area (Å²) in [4.78, 5) is 14.5. The van der Waals surface area contributed by atoms with E-state index < -0.39 is 0 Å². The topological polar surface area (TPSA) is 44.4 Å². The third-order valence-corrected chi connectivity index (χ3v) is 4.40. The van der Waals surface area contributed by atoms with Gasteiger partial charge in [0.2, 0.25) is 5.91 Å². The minimum absolute atomic E-state index is 0.224. The zero-order chi connectivity index (χ0) is 13.1. The van der Waals surface area contributed by atoms with Crippen LogP contribution in [0.3, 0.4) is 0 Å². The molecule has 2 saturated heterocycles. The number of nitrogens with one attached hydrogen (secondary N) is 2. The third-order valence-electron chi connectivity index (χ3n) is 4.40. The van der Waals surface area contributed by atoms with E-state index in [1.807, 2.05) is 6.07 Å². The van der Waals surface area contributed by atoms with Gasteiger partial charge in [-0.1, -0.05) is 30.3 Å². The molecule has 0 atom stereocenters. The first-order chi connectivity index (χ1) is 9.31. The first-order valence-corrected chi connectivity index (χ1v) is 7.09. The van der Waals surface area contributed by atoms with Crippen LogP contribution in [-0.4, -0.2) is 42.6 Å². The van der Waals surface area contributed by atoms with Gasteiger partial charge in [-0.15, -0.1) is 0 Å². The van der Waals surface area contributed by atoms with Gasteiger partial charge in [-0.05, 0) is 37.9 Å². The van der Waals surface area contributed by atoms with Gasteiger partial charge in [0.05, 0.1) is 6.67 Å². The quantitative estimate of drug-likeness (QED) is 0.841. The van der Waals surface area contributed by atoms with Crippen molar-refractivity contribution in [3.05, 3.63) is 35.9 Å². The van der Waals surface area contributed by atoms with Crippen LogP contribution in [0.2, 0.25) is 0 Å². The normalized spacial score (nSPS) is 22.6. The molecule has 2 N–H and O–H groups in total. The van der Waals surface area contributed by atoms with Crippen LogP contribution in [0.15, 0.2) is 30.3 Å². The fourth-order valence-corrected chi connectivity index (χ4v) is 3.21. The molecule has 1 amide bonds. The Morgan fingerprint density at radius 3 is 2.63 bits per heavy atom. The predicted molar refractivity (Wildman–Crippen MR) is 74.7 cm³/mol. The molecule has 4 nitrogen and oxygen atoms in total. The maximum atomic E-state index is 12.2.